The van der Waals surface area contributed by atoms with Gasteiger partial charge in [0, 0.05) is 29.1 Å². The van der Waals surface area contributed by atoms with Crippen molar-refractivity contribution in [2.24, 2.45) is 0 Å². The molecular formula is C19H23ClFN5O2. The van der Waals surface area contributed by atoms with E-state index < -0.39 is 18.0 Å². The summed E-state index contributed by atoms with van der Waals surface area (Å²) in [7, 11) is 0. The van der Waals surface area contributed by atoms with Gasteiger partial charge in [0.25, 0.3) is 0 Å². The van der Waals surface area contributed by atoms with Crippen LogP contribution in [0.5, 0.6) is 0 Å². The third-order valence-corrected chi connectivity index (χ3v) is 4.88. The zero-order chi connectivity index (χ0) is 20.3. The molecule has 3 rings (SSSR count). The summed E-state index contributed by atoms with van der Waals surface area (Å²) in [6.07, 6.45) is 1.43. The number of hydrogen-bond acceptors (Lipinski definition) is 4. The van der Waals surface area contributed by atoms with Gasteiger partial charge >= 0.3 is 0 Å². The third kappa shape index (κ3) is 4.69. The van der Waals surface area contributed by atoms with Crippen molar-refractivity contribution < 1.29 is 14.0 Å². The molecule has 150 valence electrons. The fourth-order valence-electron chi connectivity index (χ4n) is 3.28. The Balaban J connectivity index is 1.76. The highest BCUT2D eigenvalue weighted by Gasteiger charge is 2.28. The zero-order valence-corrected chi connectivity index (χ0v) is 16.5. The van der Waals surface area contributed by atoms with Gasteiger partial charge in [-0.15, -0.1) is 0 Å². The summed E-state index contributed by atoms with van der Waals surface area (Å²) in [5.74, 6) is -0.632. The number of carbonyl (C=O) groups excluding carboxylic acids is 2. The highest BCUT2D eigenvalue weighted by Crippen LogP contribution is 2.22. The number of aryl methyl sites for hydroxylation is 1. The molecule has 2 unspecified atom stereocenters. The summed E-state index contributed by atoms with van der Waals surface area (Å²) in [4.78, 5) is 24.5. The van der Waals surface area contributed by atoms with E-state index in [1.54, 1.807) is 13.0 Å². The van der Waals surface area contributed by atoms with Gasteiger partial charge in [0.1, 0.15) is 11.6 Å². The second-order valence-corrected chi connectivity index (χ2v) is 7.27. The summed E-state index contributed by atoms with van der Waals surface area (Å²) >= 11 is 6.00. The van der Waals surface area contributed by atoms with Gasteiger partial charge in [0.05, 0.1) is 12.1 Å². The van der Waals surface area contributed by atoms with Crippen molar-refractivity contribution in [2.75, 3.05) is 5.32 Å². The lowest BCUT2D eigenvalue weighted by atomic mass is 10.1. The maximum atomic E-state index is 13.9. The zero-order valence-electron chi connectivity index (χ0n) is 15.8. The first-order chi connectivity index (χ1) is 13.4. The molecule has 9 heteroatoms. The summed E-state index contributed by atoms with van der Waals surface area (Å²) < 4.78 is 15.5. The Bertz CT molecular complexity index is 865. The molecule has 3 N–H and O–H groups in total. The van der Waals surface area contributed by atoms with E-state index in [4.69, 9.17) is 11.6 Å². The molecule has 1 aromatic carbocycles. The number of nitrogens with zero attached hydrogens (tertiary/aromatic N) is 2. The Morgan fingerprint density at radius 1 is 1.46 bits per heavy atom. The first-order valence-corrected chi connectivity index (χ1v) is 9.59. The van der Waals surface area contributed by atoms with E-state index in [9.17, 15) is 14.0 Å². The van der Waals surface area contributed by atoms with Crippen molar-refractivity contribution in [2.45, 2.75) is 51.9 Å². The monoisotopic (exact) mass is 407 g/mol. The second kappa shape index (κ2) is 8.70. The van der Waals surface area contributed by atoms with Gasteiger partial charge in [-0.3, -0.25) is 14.9 Å². The molecule has 0 spiro atoms. The van der Waals surface area contributed by atoms with Crippen molar-refractivity contribution >= 4 is 29.2 Å². The summed E-state index contributed by atoms with van der Waals surface area (Å²) in [5.41, 5.74) is 0.810. The van der Waals surface area contributed by atoms with Gasteiger partial charge in [0.15, 0.2) is 6.29 Å². The molecule has 2 amide bonds. The number of halogens is 2. The number of benzene rings is 1. The van der Waals surface area contributed by atoms with Crippen LogP contribution in [-0.4, -0.2) is 27.6 Å². The minimum Gasteiger partial charge on any atom is -0.322 e. The smallest absolute Gasteiger partial charge is 0.230 e. The maximum absolute atomic E-state index is 13.9. The Kier molecular flexibility index (Phi) is 6.31. The standard InChI is InChI=1S/C19H23ClFN5O2/c1-3-5-12-9-17(27)24-19(22-12)26-16(8-11(2)25-26)23-18(28)10-13-14(20)6-4-7-15(13)21/h4,6-8,12,19,22H,3,5,9-10H2,1-2H3,(H,23,28)(H,24,27). The predicted octanol–water partition coefficient (Wildman–Crippen LogP) is 2.90. The molecule has 2 aromatic rings. The second-order valence-electron chi connectivity index (χ2n) is 6.87. The van der Waals surface area contributed by atoms with Gasteiger partial charge in [-0.1, -0.05) is 31.0 Å². The molecule has 0 saturated carbocycles. The Hall–Kier alpha value is -2.45. The number of carbonyl (C=O) groups is 2. The van der Waals surface area contributed by atoms with Crippen LogP contribution < -0.4 is 16.0 Å². The van der Waals surface area contributed by atoms with Crippen molar-refractivity contribution in [3.8, 4) is 0 Å². The van der Waals surface area contributed by atoms with Crippen LogP contribution in [0.4, 0.5) is 10.2 Å². The molecule has 0 radical (unpaired) electrons. The molecule has 7 nitrogen and oxygen atoms in total. The van der Waals surface area contributed by atoms with Gasteiger partial charge in [-0.05, 0) is 25.5 Å². The molecule has 2 heterocycles. The molecule has 2 atom stereocenters. The van der Waals surface area contributed by atoms with Crippen molar-refractivity contribution in [1.29, 1.82) is 0 Å². The number of rotatable bonds is 6. The number of hydrogen-bond donors (Lipinski definition) is 3. The van der Waals surface area contributed by atoms with E-state index >= 15 is 0 Å². The molecule has 1 fully saturated rings. The van der Waals surface area contributed by atoms with Gasteiger partial charge in [0.2, 0.25) is 11.8 Å². The lowest BCUT2D eigenvalue weighted by Crippen LogP contribution is -2.53. The number of amides is 2. The summed E-state index contributed by atoms with van der Waals surface area (Å²) in [6.45, 7) is 3.84. The van der Waals surface area contributed by atoms with E-state index in [2.05, 4.69) is 28.0 Å². The van der Waals surface area contributed by atoms with Gasteiger partial charge < -0.3 is 10.6 Å². The van der Waals surface area contributed by atoms with Crippen LogP contribution in [0, 0.1) is 12.7 Å². The van der Waals surface area contributed by atoms with E-state index in [1.807, 2.05) is 0 Å². The summed E-state index contributed by atoms with van der Waals surface area (Å²) in [6, 6.07) is 6.02. The predicted molar refractivity (Wildman–Crippen MR) is 104 cm³/mol. The highest BCUT2D eigenvalue weighted by molar-refractivity contribution is 6.31. The molecule has 1 aliphatic heterocycles. The van der Waals surface area contributed by atoms with Crippen LogP contribution >= 0.6 is 11.6 Å². The molecule has 28 heavy (non-hydrogen) atoms. The molecular weight excluding hydrogens is 385 g/mol. The van der Waals surface area contributed by atoms with Crippen molar-refractivity contribution in [1.82, 2.24) is 20.4 Å². The highest BCUT2D eigenvalue weighted by atomic mass is 35.5. The Morgan fingerprint density at radius 3 is 2.96 bits per heavy atom. The normalized spacial score (nSPS) is 19.4. The Labute approximate surface area is 167 Å². The topological polar surface area (TPSA) is 88.1 Å². The fourth-order valence-corrected chi connectivity index (χ4v) is 3.51. The minimum absolute atomic E-state index is 0.0361. The SMILES string of the molecule is CCCC1CC(=O)NC(n2nc(C)cc2NC(=O)Cc2c(F)cccc2Cl)N1. The Morgan fingerprint density at radius 2 is 2.25 bits per heavy atom. The molecule has 1 aromatic heterocycles. The van der Waals surface area contributed by atoms with Crippen LogP contribution in [0.3, 0.4) is 0 Å². The lowest BCUT2D eigenvalue weighted by Gasteiger charge is -2.32. The quantitative estimate of drug-likeness (QED) is 0.687. The number of nitrogens with one attached hydrogen (secondary N) is 3. The van der Waals surface area contributed by atoms with E-state index in [0.29, 0.717) is 17.9 Å². The van der Waals surface area contributed by atoms with E-state index in [0.717, 1.165) is 12.8 Å². The van der Waals surface area contributed by atoms with Crippen LogP contribution in [0.1, 0.15) is 43.7 Å². The lowest BCUT2D eigenvalue weighted by molar-refractivity contribution is -0.125. The number of aromatic nitrogens is 2. The van der Waals surface area contributed by atoms with E-state index in [-0.39, 0.29) is 29.0 Å². The number of anilines is 1. The first-order valence-electron chi connectivity index (χ1n) is 9.21. The summed E-state index contributed by atoms with van der Waals surface area (Å²) in [5, 5.41) is 13.5. The average molecular weight is 408 g/mol. The minimum atomic E-state index is -0.571. The molecule has 0 bridgehead atoms. The van der Waals surface area contributed by atoms with Crippen molar-refractivity contribution in [3.63, 3.8) is 0 Å². The van der Waals surface area contributed by atoms with Gasteiger partial charge in [-0.25, -0.2) is 9.07 Å². The molecule has 0 aliphatic carbocycles. The average Bonchev–Trinajstić information content (AvgIpc) is 2.98. The molecule has 1 aliphatic rings. The first kappa shape index (κ1) is 20.3. The third-order valence-electron chi connectivity index (χ3n) is 4.53. The van der Waals surface area contributed by atoms with Crippen molar-refractivity contribution in [3.05, 3.63) is 46.4 Å². The fraction of sp³-hybridized carbons (Fsp3) is 0.421. The van der Waals surface area contributed by atoms with Gasteiger partial charge in [-0.2, -0.15) is 5.10 Å². The van der Waals surface area contributed by atoms with Crippen LogP contribution in [0.2, 0.25) is 5.02 Å². The maximum Gasteiger partial charge on any atom is 0.230 e. The van der Waals surface area contributed by atoms with Crippen LogP contribution in [0.15, 0.2) is 24.3 Å². The van der Waals surface area contributed by atoms with Crippen LogP contribution in [0.25, 0.3) is 0 Å². The van der Waals surface area contributed by atoms with E-state index in [1.165, 1.54) is 22.9 Å². The van der Waals surface area contributed by atoms with Crippen LogP contribution in [-0.2, 0) is 16.0 Å². The largest absolute Gasteiger partial charge is 0.322 e. The molecule has 1 saturated heterocycles.